The first-order chi connectivity index (χ1) is 25.2. The molecular formula is C47H33FN2S. The molecule has 0 saturated carbocycles. The van der Waals surface area contributed by atoms with E-state index in [1.165, 1.54) is 60.0 Å². The van der Waals surface area contributed by atoms with Crippen LogP contribution in [0.1, 0.15) is 21.6 Å². The molecule has 0 aliphatic heterocycles. The van der Waals surface area contributed by atoms with Crippen LogP contribution in [0.3, 0.4) is 0 Å². The van der Waals surface area contributed by atoms with Crippen molar-refractivity contribution in [1.82, 2.24) is 4.57 Å². The van der Waals surface area contributed by atoms with Crippen molar-refractivity contribution < 1.29 is 4.39 Å². The quantitative estimate of drug-likeness (QED) is 0.109. The SMILES string of the molecule is C=Cc1c(/C=C\CN(c2ccccc2)c2ccccc2F)sc2cc(/C=C/c3ccc4c5c3ccc3cccc(c35)n4-c3ccccc3)ccc12. The Bertz CT molecular complexity index is 2750. The molecule has 0 saturated heterocycles. The summed E-state index contributed by atoms with van der Waals surface area (Å²) in [5, 5.41) is 6.30. The second-order valence-corrected chi connectivity index (χ2v) is 13.8. The monoisotopic (exact) mass is 676 g/mol. The van der Waals surface area contributed by atoms with E-state index in [1.807, 2.05) is 53.4 Å². The Morgan fingerprint density at radius 1 is 0.667 bits per heavy atom. The summed E-state index contributed by atoms with van der Waals surface area (Å²) in [5.41, 5.74) is 8.56. The average molecular weight is 677 g/mol. The molecule has 7 aromatic carbocycles. The largest absolute Gasteiger partial charge is 0.335 e. The third-order valence-corrected chi connectivity index (χ3v) is 10.9. The maximum atomic E-state index is 14.9. The minimum Gasteiger partial charge on any atom is -0.335 e. The predicted molar refractivity (Wildman–Crippen MR) is 219 cm³/mol. The van der Waals surface area contributed by atoms with E-state index in [-0.39, 0.29) is 5.82 Å². The molecule has 0 aliphatic rings. The standard InChI is InChI=1S/C47H33FN2S/c1-2-37-39-27-23-32(31-45(39)51-44(37)21-12-30-49(35-14-5-3-6-15-35)41-19-10-9-18-40(41)48)22-24-33-26-29-43-47-38(33)28-25-34-13-11-20-42(46(34)47)50(43)36-16-7-4-8-17-36/h2-29,31H,1,30H2/b21-12-,24-22+. The van der Waals surface area contributed by atoms with Gasteiger partial charge in [0.05, 0.1) is 16.7 Å². The molecule has 0 spiro atoms. The highest BCUT2D eigenvalue weighted by molar-refractivity contribution is 7.20. The number of nitrogens with zero attached hydrogens (tertiary/aromatic N) is 2. The van der Waals surface area contributed by atoms with Gasteiger partial charge >= 0.3 is 0 Å². The molecule has 0 radical (unpaired) electrons. The van der Waals surface area contributed by atoms with E-state index in [1.54, 1.807) is 17.4 Å². The van der Waals surface area contributed by atoms with Gasteiger partial charge in [-0.1, -0.05) is 122 Å². The maximum absolute atomic E-state index is 14.9. The molecule has 0 atom stereocenters. The molecule has 9 rings (SSSR count). The molecule has 4 heteroatoms. The van der Waals surface area contributed by atoms with Crippen LogP contribution < -0.4 is 4.90 Å². The molecule has 0 amide bonds. The van der Waals surface area contributed by atoms with Gasteiger partial charge in [-0.05, 0) is 88.1 Å². The Hall–Kier alpha value is -6.23. The van der Waals surface area contributed by atoms with Crippen LogP contribution in [0.5, 0.6) is 0 Å². The minimum atomic E-state index is -0.243. The number of halogens is 1. The second kappa shape index (κ2) is 12.9. The summed E-state index contributed by atoms with van der Waals surface area (Å²) >= 11 is 1.75. The summed E-state index contributed by atoms with van der Waals surface area (Å²) in [5.74, 6) is -0.243. The topological polar surface area (TPSA) is 8.17 Å². The number of hydrogen-bond donors (Lipinski definition) is 0. The van der Waals surface area contributed by atoms with Gasteiger partial charge in [-0.25, -0.2) is 4.39 Å². The van der Waals surface area contributed by atoms with Crippen LogP contribution in [0, 0.1) is 5.82 Å². The lowest BCUT2D eigenvalue weighted by atomic mass is 9.98. The van der Waals surface area contributed by atoms with Crippen molar-refractivity contribution in [2.45, 2.75) is 0 Å². The van der Waals surface area contributed by atoms with E-state index < -0.39 is 0 Å². The Morgan fingerprint density at radius 3 is 2.25 bits per heavy atom. The van der Waals surface area contributed by atoms with Crippen molar-refractivity contribution in [3.63, 3.8) is 0 Å². The molecule has 0 bridgehead atoms. The van der Waals surface area contributed by atoms with Crippen LogP contribution in [0.4, 0.5) is 15.8 Å². The molecule has 0 unspecified atom stereocenters. The third-order valence-electron chi connectivity index (χ3n) is 9.72. The Kier molecular flexibility index (Phi) is 7.79. The Balaban J connectivity index is 1.04. The van der Waals surface area contributed by atoms with Gasteiger partial charge in [0.25, 0.3) is 0 Å². The van der Waals surface area contributed by atoms with Crippen LogP contribution in [0.25, 0.3) is 72.7 Å². The van der Waals surface area contributed by atoms with Crippen molar-refractivity contribution in [3.8, 4) is 5.69 Å². The molecule has 0 aliphatic carbocycles. The number of benzene rings is 7. The fraction of sp³-hybridized carbons (Fsp3) is 0.0213. The molecule has 0 N–H and O–H groups in total. The normalized spacial score (nSPS) is 12.0. The van der Waals surface area contributed by atoms with Crippen LogP contribution in [-0.2, 0) is 0 Å². The summed E-state index contributed by atoms with van der Waals surface area (Å²) in [6.45, 7) is 4.67. The molecular weight excluding hydrogens is 644 g/mol. The molecule has 9 aromatic rings. The highest BCUT2D eigenvalue weighted by Crippen LogP contribution is 2.41. The van der Waals surface area contributed by atoms with Gasteiger partial charge in [-0.15, -0.1) is 11.3 Å². The van der Waals surface area contributed by atoms with Gasteiger partial charge in [0.2, 0.25) is 0 Å². The highest BCUT2D eigenvalue weighted by atomic mass is 32.1. The minimum absolute atomic E-state index is 0.243. The van der Waals surface area contributed by atoms with Crippen LogP contribution in [0.15, 0.2) is 158 Å². The van der Waals surface area contributed by atoms with Crippen molar-refractivity contribution >= 4 is 89.7 Å². The number of fused-ring (bicyclic) bond motifs is 1. The molecule has 2 heterocycles. The van der Waals surface area contributed by atoms with Crippen molar-refractivity contribution in [2.24, 2.45) is 0 Å². The second-order valence-electron chi connectivity index (χ2n) is 12.7. The molecule has 51 heavy (non-hydrogen) atoms. The Morgan fingerprint density at radius 2 is 1.43 bits per heavy atom. The van der Waals surface area contributed by atoms with Gasteiger partial charge in [0, 0.05) is 43.7 Å². The van der Waals surface area contributed by atoms with E-state index in [0.717, 1.165) is 21.7 Å². The van der Waals surface area contributed by atoms with Gasteiger partial charge < -0.3 is 9.47 Å². The zero-order chi connectivity index (χ0) is 34.3. The maximum Gasteiger partial charge on any atom is 0.146 e. The number of anilines is 2. The fourth-order valence-corrected chi connectivity index (χ4v) is 8.56. The number of hydrogen-bond acceptors (Lipinski definition) is 2. The van der Waals surface area contributed by atoms with E-state index in [9.17, 15) is 4.39 Å². The summed E-state index contributed by atoms with van der Waals surface area (Å²) in [6.07, 6.45) is 10.6. The zero-order valence-electron chi connectivity index (χ0n) is 27.8. The first-order valence-corrected chi connectivity index (χ1v) is 17.9. The van der Waals surface area contributed by atoms with Gasteiger partial charge in [0.15, 0.2) is 0 Å². The predicted octanol–water partition coefficient (Wildman–Crippen LogP) is 13.4. The number of thiophene rings is 1. The lowest BCUT2D eigenvalue weighted by Gasteiger charge is -2.24. The van der Waals surface area contributed by atoms with E-state index in [2.05, 4.69) is 126 Å². The van der Waals surface area contributed by atoms with Gasteiger partial charge in [-0.2, -0.15) is 0 Å². The first-order valence-electron chi connectivity index (χ1n) is 17.1. The third kappa shape index (κ3) is 5.41. The van der Waals surface area contributed by atoms with Crippen LogP contribution in [0.2, 0.25) is 0 Å². The number of para-hydroxylation sites is 3. The fourth-order valence-electron chi connectivity index (χ4n) is 7.37. The summed E-state index contributed by atoms with van der Waals surface area (Å²) in [4.78, 5) is 3.13. The van der Waals surface area contributed by atoms with Crippen LogP contribution >= 0.6 is 11.3 Å². The van der Waals surface area contributed by atoms with Crippen molar-refractivity contribution in [2.75, 3.05) is 11.4 Å². The van der Waals surface area contributed by atoms with Crippen molar-refractivity contribution in [1.29, 1.82) is 0 Å². The molecule has 244 valence electrons. The van der Waals surface area contributed by atoms with E-state index in [0.29, 0.717) is 12.2 Å². The van der Waals surface area contributed by atoms with E-state index in [4.69, 9.17) is 0 Å². The average Bonchev–Trinajstić information content (AvgIpc) is 3.71. The van der Waals surface area contributed by atoms with Gasteiger partial charge in [-0.3, -0.25) is 0 Å². The van der Waals surface area contributed by atoms with E-state index >= 15 is 0 Å². The number of rotatable bonds is 9. The van der Waals surface area contributed by atoms with Crippen LogP contribution in [-0.4, -0.2) is 11.1 Å². The lowest BCUT2D eigenvalue weighted by Crippen LogP contribution is -2.18. The first kappa shape index (κ1) is 30.8. The van der Waals surface area contributed by atoms with Gasteiger partial charge in [0.1, 0.15) is 5.82 Å². The molecule has 0 fully saturated rings. The smallest absolute Gasteiger partial charge is 0.146 e. The molecule has 2 nitrogen and oxygen atoms in total. The lowest BCUT2D eigenvalue weighted by molar-refractivity contribution is 0.626. The number of aromatic nitrogens is 1. The summed E-state index contributed by atoms with van der Waals surface area (Å²) in [7, 11) is 0. The summed E-state index contributed by atoms with van der Waals surface area (Å²) < 4.78 is 18.5. The van der Waals surface area contributed by atoms with Crippen molar-refractivity contribution in [3.05, 3.63) is 186 Å². The zero-order valence-corrected chi connectivity index (χ0v) is 28.7. The molecule has 2 aromatic heterocycles. The highest BCUT2D eigenvalue weighted by Gasteiger charge is 2.18. The summed E-state index contributed by atoms with van der Waals surface area (Å²) in [6, 6.07) is 49.7. The Labute approximate surface area is 300 Å².